The SMILES string of the molecule is O=C(O/N=C1/CCCC[C@H]1c1ccc([N+](=O)[O-])cc1[N+](=O)[O-])C1CCCCC1. The molecule has 2 aliphatic carbocycles. The first-order valence-electron chi connectivity index (χ1n) is 9.67. The molecule has 1 aromatic carbocycles. The maximum Gasteiger partial charge on any atom is 0.338 e. The summed E-state index contributed by atoms with van der Waals surface area (Å²) in [6, 6.07) is 3.67. The number of non-ortho nitro benzene ring substituents is 1. The molecule has 150 valence electrons. The molecule has 0 aliphatic heterocycles. The first-order valence-corrected chi connectivity index (χ1v) is 9.67. The van der Waals surface area contributed by atoms with E-state index >= 15 is 0 Å². The highest BCUT2D eigenvalue weighted by Gasteiger charge is 2.31. The van der Waals surface area contributed by atoms with Crippen LogP contribution in [0.3, 0.4) is 0 Å². The number of hydrogen-bond donors (Lipinski definition) is 0. The number of rotatable bonds is 5. The topological polar surface area (TPSA) is 125 Å². The van der Waals surface area contributed by atoms with E-state index in [0.717, 1.165) is 51.0 Å². The average molecular weight is 389 g/mol. The molecule has 0 bridgehead atoms. The lowest BCUT2D eigenvalue weighted by atomic mass is 9.81. The zero-order chi connectivity index (χ0) is 20.1. The number of carbonyl (C=O) groups is 1. The van der Waals surface area contributed by atoms with E-state index in [2.05, 4.69) is 5.16 Å². The summed E-state index contributed by atoms with van der Waals surface area (Å²) in [6.07, 6.45) is 7.68. The third-order valence-electron chi connectivity index (χ3n) is 5.57. The highest BCUT2D eigenvalue weighted by atomic mass is 16.7. The van der Waals surface area contributed by atoms with Crippen molar-refractivity contribution in [1.29, 1.82) is 0 Å². The lowest BCUT2D eigenvalue weighted by molar-refractivity contribution is -0.394. The third kappa shape index (κ3) is 4.52. The molecule has 9 heteroatoms. The van der Waals surface area contributed by atoms with Gasteiger partial charge in [0, 0.05) is 17.5 Å². The van der Waals surface area contributed by atoms with Crippen molar-refractivity contribution in [2.24, 2.45) is 11.1 Å². The van der Waals surface area contributed by atoms with E-state index in [9.17, 15) is 25.0 Å². The lowest BCUT2D eigenvalue weighted by Crippen LogP contribution is -2.22. The van der Waals surface area contributed by atoms with Gasteiger partial charge in [0.1, 0.15) is 0 Å². The van der Waals surface area contributed by atoms with E-state index in [1.54, 1.807) is 0 Å². The molecule has 2 fully saturated rings. The summed E-state index contributed by atoms with van der Waals surface area (Å²) >= 11 is 0. The predicted molar refractivity (Wildman–Crippen MR) is 101 cm³/mol. The summed E-state index contributed by atoms with van der Waals surface area (Å²) in [7, 11) is 0. The molecular weight excluding hydrogens is 366 g/mol. The predicted octanol–water partition coefficient (Wildman–Crippen LogP) is 4.64. The molecule has 0 radical (unpaired) electrons. The number of nitro groups is 2. The molecular formula is C19H23N3O6. The van der Waals surface area contributed by atoms with Gasteiger partial charge < -0.3 is 4.84 Å². The first-order chi connectivity index (χ1) is 13.5. The van der Waals surface area contributed by atoms with E-state index in [0.29, 0.717) is 24.1 Å². The van der Waals surface area contributed by atoms with Crippen molar-refractivity contribution in [1.82, 2.24) is 0 Å². The van der Waals surface area contributed by atoms with Crippen LogP contribution >= 0.6 is 0 Å². The fourth-order valence-electron chi connectivity index (χ4n) is 4.05. The van der Waals surface area contributed by atoms with Gasteiger partial charge in [-0.25, -0.2) is 4.79 Å². The highest BCUT2D eigenvalue weighted by Crippen LogP contribution is 2.38. The molecule has 2 aliphatic rings. The van der Waals surface area contributed by atoms with Crippen molar-refractivity contribution in [2.75, 3.05) is 0 Å². The van der Waals surface area contributed by atoms with Gasteiger partial charge in [-0.15, -0.1) is 0 Å². The van der Waals surface area contributed by atoms with Gasteiger partial charge in [0.05, 0.1) is 27.5 Å². The van der Waals surface area contributed by atoms with Crippen molar-refractivity contribution in [2.45, 2.75) is 63.7 Å². The maximum atomic E-state index is 12.3. The minimum absolute atomic E-state index is 0.131. The zero-order valence-corrected chi connectivity index (χ0v) is 15.5. The van der Waals surface area contributed by atoms with E-state index in [1.807, 2.05) is 0 Å². The van der Waals surface area contributed by atoms with Crippen LogP contribution in [0.5, 0.6) is 0 Å². The van der Waals surface area contributed by atoms with Crippen LogP contribution in [0.1, 0.15) is 69.3 Å². The second-order valence-corrected chi connectivity index (χ2v) is 7.38. The average Bonchev–Trinajstić information content (AvgIpc) is 2.72. The summed E-state index contributed by atoms with van der Waals surface area (Å²) in [5, 5.41) is 26.5. The Morgan fingerprint density at radius 1 is 1.00 bits per heavy atom. The Balaban J connectivity index is 1.83. The van der Waals surface area contributed by atoms with Crippen LogP contribution in [0.15, 0.2) is 23.4 Å². The van der Waals surface area contributed by atoms with Crippen molar-refractivity contribution >= 4 is 23.1 Å². The van der Waals surface area contributed by atoms with Crippen LogP contribution in [-0.2, 0) is 9.63 Å². The normalized spacial score (nSPS) is 22.0. The van der Waals surface area contributed by atoms with Gasteiger partial charge >= 0.3 is 5.97 Å². The van der Waals surface area contributed by atoms with Crippen LogP contribution in [0, 0.1) is 26.1 Å². The van der Waals surface area contributed by atoms with Crippen LogP contribution in [-0.4, -0.2) is 21.5 Å². The number of nitrogens with zero attached hydrogens (tertiary/aromatic N) is 3. The van der Waals surface area contributed by atoms with E-state index in [1.165, 1.54) is 12.1 Å². The molecule has 0 amide bonds. The Morgan fingerprint density at radius 2 is 1.71 bits per heavy atom. The van der Waals surface area contributed by atoms with Crippen LogP contribution in [0.4, 0.5) is 11.4 Å². The summed E-state index contributed by atoms with van der Waals surface area (Å²) in [4.78, 5) is 38.6. The Morgan fingerprint density at radius 3 is 2.39 bits per heavy atom. The second-order valence-electron chi connectivity index (χ2n) is 7.38. The number of benzene rings is 1. The lowest BCUT2D eigenvalue weighted by Gasteiger charge is -2.24. The van der Waals surface area contributed by atoms with Gasteiger partial charge in [-0.2, -0.15) is 0 Å². The van der Waals surface area contributed by atoms with Crippen LogP contribution in [0.2, 0.25) is 0 Å². The molecule has 0 heterocycles. The second kappa shape index (κ2) is 8.90. The molecule has 1 atom stereocenters. The minimum atomic E-state index is -0.654. The number of carbonyl (C=O) groups excluding carboxylic acids is 1. The van der Waals surface area contributed by atoms with E-state index in [4.69, 9.17) is 4.84 Å². The molecule has 0 N–H and O–H groups in total. The van der Waals surface area contributed by atoms with Gasteiger partial charge in [0.15, 0.2) is 0 Å². The zero-order valence-electron chi connectivity index (χ0n) is 15.5. The summed E-state index contributed by atoms with van der Waals surface area (Å²) in [6.45, 7) is 0. The highest BCUT2D eigenvalue weighted by molar-refractivity contribution is 5.92. The van der Waals surface area contributed by atoms with Crippen molar-refractivity contribution < 1.29 is 19.5 Å². The summed E-state index contributed by atoms with van der Waals surface area (Å²) < 4.78 is 0. The first kappa shape index (κ1) is 19.9. The monoisotopic (exact) mass is 389 g/mol. The molecule has 9 nitrogen and oxygen atoms in total. The minimum Gasteiger partial charge on any atom is -0.318 e. The number of oxime groups is 1. The molecule has 0 saturated heterocycles. The van der Waals surface area contributed by atoms with Gasteiger partial charge in [-0.1, -0.05) is 30.8 Å². The number of nitro benzene ring substituents is 2. The fourth-order valence-corrected chi connectivity index (χ4v) is 4.05. The van der Waals surface area contributed by atoms with Gasteiger partial charge in [0.25, 0.3) is 11.4 Å². The largest absolute Gasteiger partial charge is 0.338 e. The van der Waals surface area contributed by atoms with Crippen LogP contribution in [0.25, 0.3) is 0 Å². The quantitative estimate of drug-likeness (QED) is 0.410. The standard InChI is InChI=1S/C19H23N3O6/c23-19(13-6-2-1-3-7-13)28-20-17-9-5-4-8-15(17)16-11-10-14(21(24)25)12-18(16)22(26)27/h10-13,15H,1-9H2/b20-17-/t15-/m0/s1. The van der Waals surface area contributed by atoms with Crippen molar-refractivity contribution in [3.05, 3.63) is 44.0 Å². The molecule has 2 saturated carbocycles. The van der Waals surface area contributed by atoms with Gasteiger partial charge in [-0.05, 0) is 38.2 Å². The molecule has 1 aromatic rings. The third-order valence-corrected chi connectivity index (χ3v) is 5.57. The van der Waals surface area contributed by atoms with E-state index < -0.39 is 9.85 Å². The molecule has 28 heavy (non-hydrogen) atoms. The smallest absolute Gasteiger partial charge is 0.318 e. The Labute approximate surface area is 162 Å². The Bertz CT molecular complexity index is 801. The van der Waals surface area contributed by atoms with Crippen molar-refractivity contribution in [3.63, 3.8) is 0 Å². The molecule has 0 spiro atoms. The molecule has 3 rings (SSSR count). The Hall–Kier alpha value is -2.84. The number of hydrogen-bond acceptors (Lipinski definition) is 7. The maximum absolute atomic E-state index is 12.3. The Kier molecular flexibility index (Phi) is 6.33. The fraction of sp³-hybridized carbons (Fsp3) is 0.579. The van der Waals surface area contributed by atoms with Crippen LogP contribution < -0.4 is 0 Å². The molecule has 0 unspecified atom stereocenters. The van der Waals surface area contributed by atoms with Crippen molar-refractivity contribution in [3.8, 4) is 0 Å². The summed E-state index contributed by atoms with van der Waals surface area (Å²) in [5.41, 5.74) is 0.344. The van der Waals surface area contributed by atoms with E-state index in [-0.39, 0.29) is 29.2 Å². The van der Waals surface area contributed by atoms with Gasteiger partial charge in [0.2, 0.25) is 0 Å². The summed E-state index contributed by atoms with van der Waals surface area (Å²) in [5.74, 6) is -0.849. The molecule has 0 aromatic heterocycles. The van der Waals surface area contributed by atoms with Gasteiger partial charge in [-0.3, -0.25) is 20.2 Å².